The highest BCUT2D eigenvalue weighted by Crippen LogP contribution is 2.26. The number of aryl methyl sites for hydroxylation is 2. The van der Waals surface area contributed by atoms with E-state index in [2.05, 4.69) is 33.8 Å². The molecule has 0 fully saturated rings. The Morgan fingerprint density at radius 1 is 1.00 bits per heavy atom. The summed E-state index contributed by atoms with van der Waals surface area (Å²) in [6.07, 6.45) is -0.362. The number of aliphatic hydroxyl groups excluding tert-OH is 1. The molecule has 1 nitrogen and oxygen atoms in total. The van der Waals surface area contributed by atoms with Gasteiger partial charge in [-0.25, -0.2) is 0 Å². The third-order valence-corrected chi connectivity index (χ3v) is 2.84. The van der Waals surface area contributed by atoms with Gasteiger partial charge in [0.2, 0.25) is 0 Å². The molecule has 0 amide bonds. The van der Waals surface area contributed by atoms with Crippen LogP contribution in [0.5, 0.6) is 0 Å². The van der Waals surface area contributed by atoms with Gasteiger partial charge >= 0.3 is 0 Å². The molecule has 0 heterocycles. The second-order valence-corrected chi connectivity index (χ2v) is 3.85. The molecule has 0 aromatic heterocycles. The van der Waals surface area contributed by atoms with Crippen LogP contribution in [-0.2, 0) is 0 Å². The van der Waals surface area contributed by atoms with Gasteiger partial charge in [0.15, 0.2) is 0 Å². The van der Waals surface area contributed by atoms with Crippen molar-refractivity contribution in [3.8, 4) is 0 Å². The van der Waals surface area contributed by atoms with Gasteiger partial charge < -0.3 is 5.11 Å². The molecule has 0 saturated carbocycles. The fraction of sp³-hybridized carbons (Fsp3) is 0.500. The predicted octanol–water partition coefficient (Wildman–Crippen LogP) is 2.97. The van der Waals surface area contributed by atoms with Crippen molar-refractivity contribution >= 4 is 0 Å². The zero-order chi connectivity index (χ0) is 10.2. The standard InChI is InChI=1S/C12H18O/c1-7-6-8(2)10(4)12(9(7)3)11(5)13/h6,11,13H,1-5H3/t11-/m1/s1. The van der Waals surface area contributed by atoms with Crippen molar-refractivity contribution in [3.63, 3.8) is 0 Å². The third kappa shape index (κ3) is 1.75. The van der Waals surface area contributed by atoms with Gasteiger partial charge in [-0.05, 0) is 62.4 Å². The van der Waals surface area contributed by atoms with E-state index in [-0.39, 0.29) is 6.10 Å². The first-order valence-electron chi connectivity index (χ1n) is 4.70. The molecule has 0 saturated heterocycles. The van der Waals surface area contributed by atoms with Crippen LogP contribution in [0, 0.1) is 27.7 Å². The van der Waals surface area contributed by atoms with Crippen molar-refractivity contribution in [2.75, 3.05) is 0 Å². The van der Waals surface area contributed by atoms with Crippen LogP contribution in [0.2, 0.25) is 0 Å². The van der Waals surface area contributed by atoms with E-state index in [0.29, 0.717) is 0 Å². The van der Waals surface area contributed by atoms with Gasteiger partial charge in [-0.15, -0.1) is 0 Å². The highest BCUT2D eigenvalue weighted by molar-refractivity contribution is 5.44. The Morgan fingerprint density at radius 3 is 1.69 bits per heavy atom. The van der Waals surface area contributed by atoms with Crippen LogP contribution in [0.3, 0.4) is 0 Å². The summed E-state index contributed by atoms with van der Waals surface area (Å²) < 4.78 is 0. The summed E-state index contributed by atoms with van der Waals surface area (Å²) in [5.74, 6) is 0. The number of rotatable bonds is 1. The zero-order valence-electron chi connectivity index (χ0n) is 9.10. The first kappa shape index (κ1) is 10.3. The molecular weight excluding hydrogens is 160 g/mol. The SMILES string of the molecule is Cc1cc(C)c(C)c([C@@H](C)O)c1C. The van der Waals surface area contributed by atoms with Crippen molar-refractivity contribution in [1.82, 2.24) is 0 Å². The highest BCUT2D eigenvalue weighted by atomic mass is 16.3. The van der Waals surface area contributed by atoms with Crippen molar-refractivity contribution in [1.29, 1.82) is 0 Å². The van der Waals surface area contributed by atoms with Crippen molar-refractivity contribution < 1.29 is 5.11 Å². The molecule has 0 aliphatic rings. The summed E-state index contributed by atoms with van der Waals surface area (Å²) in [7, 11) is 0. The summed E-state index contributed by atoms with van der Waals surface area (Å²) >= 11 is 0. The van der Waals surface area contributed by atoms with Crippen LogP contribution >= 0.6 is 0 Å². The summed E-state index contributed by atoms with van der Waals surface area (Å²) in [4.78, 5) is 0. The van der Waals surface area contributed by atoms with Gasteiger partial charge in [0.1, 0.15) is 0 Å². The third-order valence-electron chi connectivity index (χ3n) is 2.84. The van der Waals surface area contributed by atoms with Crippen molar-refractivity contribution in [2.24, 2.45) is 0 Å². The molecule has 13 heavy (non-hydrogen) atoms. The van der Waals surface area contributed by atoms with Crippen LogP contribution in [0.15, 0.2) is 6.07 Å². The average molecular weight is 178 g/mol. The lowest BCUT2D eigenvalue weighted by molar-refractivity contribution is 0.197. The Morgan fingerprint density at radius 2 is 1.38 bits per heavy atom. The Labute approximate surface area is 80.4 Å². The fourth-order valence-electron chi connectivity index (χ4n) is 1.87. The van der Waals surface area contributed by atoms with Crippen LogP contribution < -0.4 is 0 Å². The van der Waals surface area contributed by atoms with E-state index in [1.807, 2.05) is 6.92 Å². The Kier molecular flexibility index (Phi) is 2.77. The summed E-state index contributed by atoms with van der Waals surface area (Å²) in [5.41, 5.74) is 6.06. The van der Waals surface area contributed by atoms with Gasteiger partial charge in [-0.2, -0.15) is 0 Å². The van der Waals surface area contributed by atoms with Gasteiger partial charge in [-0.3, -0.25) is 0 Å². The number of hydrogen-bond donors (Lipinski definition) is 1. The monoisotopic (exact) mass is 178 g/mol. The van der Waals surface area contributed by atoms with Gasteiger partial charge in [0.05, 0.1) is 6.10 Å². The molecule has 1 aromatic rings. The van der Waals surface area contributed by atoms with E-state index in [9.17, 15) is 5.11 Å². The lowest BCUT2D eigenvalue weighted by Gasteiger charge is -2.17. The smallest absolute Gasteiger partial charge is 0.0767 e. The minimum atomic E-state index is -0.362. The second kappa shape index (κ2) is 3.51. The van der Waals surface area contributed by atoms with Gasteiger partial charge in [-0.1, -0.05) is 6.07 Å². The molecule has 0 unspecified atom stereocenters. The molecule has 1 heteroatoms. The molecule has 0 bridgehead atoms. The largest absolute Gasteiger partial charge is 0.389 e. The first-order chi connectivity index (χ1) is 5.95. The lowest BCUT2D eigenvalue weighted by atomic mass is 9.91. The molecule has 1 atom stereocenters. The molecule has 1 N–H and O–H groups in total. The maximum absolute atomic E-state index is 9.63. The van der Waals surface area contributed by atoms with Crippen LogP contribution in [-0.4, -0.2) is 5.11 Å². The van der Waals surface area contributed by atoms with Crippen LogP contribution in [0.4, 0.5) is 0 Å². The molecule has 72 valence electrons. The van der Waals surface area contributed by atoms with E-state index in [4.69, 9.17) is 0 Å². The minimum absolute atomic E-state index is 0.362. The quantitative estimate of drug-likeness (QED) is 0.701. The van der Waals surface area contributed by atoms with Gasteiger partial charge in [0, 0.05) is 0 Å². The Bertz CT molecular complexity index is 298. The minimum Gasteiger partial charge on any atom is -0.389 e. The van der Waals surface area contributed by atoms with Crippen molar-refractivity contribution in [2.45, 2.75) is 40.7 Å². The highest BCUT2D eigenvalue weighted by Gasteiger charge is 2.11. The number of hydrogen-bond acceptors (Lipinski definition) is 1. The molecule has 1 aromatic carbocycles. The first-order valence-corrected chi connectivity index (χ1v) is 4.70. The predicted molar refractivity (Wildman–Crippen MR) is 56.0 cm³/mol. The van der Waals surface area contributed by atoms with E-state index in [1.54, 1.807) is 0 Å². The number of aliphatic hydroxyl groups is 1. The van der Waals surface area contributed by atoms with Crippen LogP contribution in [0.1, 0.15) is 40.8 Å². The molecule has 0 aliphatic carbocycles. The topological polar surface area (TPSA) is 20.2 Å². The average Bonchev–Trinajstić information content (AvgIpc) is 2.01. The normalized spacial score (nSPS) is 13.1. The fourth-order valence-corrected chi connectivity index (χ4v) is 1.87. The summed E-state index contributed by atoms with van der Waals surface area (Å²) in [6.45, 7) is 10.2. The van der Waals surface area contributed by atoms with E-state index in [0.717, 1.165) is 5.56 Å². The van der Waals surface area contributed by atoms with E-state index in [1.165, 1.54) is 22.3 Å². The van der Waals surface area contributed by atoms with Gasteiger partial charge in [0.25, 0.3) is 0 Å². The lowest BCUT2D eigenvalue weighted by Crippen LogP contribution is -2.02. The second-order valence-electron chi connectivity index (χ2n) is 3.85. The summed E-state index contributed by atoms with van der Waals surface area (Å²) in [5, 5.41) is 9.63. The van der Waals surface area contributed by atoms with Crippen molar-refractivity contribution in [3.05, 3.63) is 33.9 Å². The zero-order valence-corrected chi connectivity index (χ0v) is 9.10. The molecule has 1 rings (SSSR count). The maximum Gasteiger partial charge on any atom is 0.0767 e. The Balaban J connectivity index is 3.46. The van der Waals surface area contributed by atoms with Crippen LogP contribution in [0.25, 0.3) is 0 Å². The number of benzene rings is 1. The molecule has 0 radical (unpaired) electrons. The summed E-state index contributed by atoms with van der Waals surface area (Å²) in [6, 6.07) is 2.18. The molecule has 0 spiro atoms. The van der Waals surface area contributed by atoms with E-state index < -0.39 is 0 Å². The molecular formula is C12H18O. The van der Waals surface area contributed by atoms with E-state index >= 15 is 0 Å². The Hall–Kier alpha value is -0.820. The molecule has 0 aliphatic heterocycles. The maximum atomic E-state index is 9.63.